The van der Waals surface area contributed by atoms with Gasteiger partial charge in [0.2, 0.25) is 5.91 Å². The number of aryl methyl sites for hydroxylation is 1. The second kappa shape index (κ2) is 6.87. The molecule has 6 nitrogen and oxygen atoms in total. The molecule has 140 valence electrons. The third kappa shape index (κ3) is 3.69. The van der Waals surface area contributed by atoms with Crippen LogP contribution in [0.2, 0.25) is 0 Å². The van der Waals surface area contributed by atoms with Gasteiger partial charge in [0.15, 0.2) is 11.4 Å². The summed E-state index contributed by atoms with van der Waals surface area (Å²) in [5.74, 6) is -0.321. The van der Waals surface area contributed by atoms with Crippen LogP contribution in [0.25, 0.3) is 0 Å². The number of hydrogen-bond donors (Lipinski definition) is 1. The number of fused-ring (bicyclic) bond motifs is 1. The molecule has 0 fully saturated rings. The van der Waals surface area contributed by atoms with Gasteiger partial charge in [-0.2, -0.15) is 0 Å². The van der Waals surface area contributed by atoms with Gasteiger partial charge in [0.1, 0.15) is 12.3 Å². The van der Waals surface area contributed by atoms with Crippen molar-refractivity contribution in [3.63, 3.8) is 0 Å². The summed E-state index contributed by atoms with van der Waals surface area (Å²) in [4.78, 5) is 38.6. The summed E-state index contributed by atoms with van der Waals surface area (Å²) in [7, 11) is 0. The molecule has 0 radical (unpaired) electrons. The van der Waals surface area contributed by atoms with Crippen LogP contribution < -0.4 is 15.0 Å². The van der Waals surface area contributed by atoms with Crippen molar-refractivity contribution >= 4 is 29.0 Å². The van der Waals surface area contributed by atoms with Gasteiger partial charge in [-0.1, -0.05) is 18.2 Å². The van der Waals surface area contributed by atoms with Crippen molar-refractivity contribution < 1.29 is 19.1 Å². The number of amides is 2. The first-order valence-corrected chi connectivity index (χ1v) is 8.70. The minimum Gasteiger partial charge on any atom is -0.476 e. The second-order valence-electron chi connectivity index (χ2n) is 7.11. The van der Waals surface area contributed by atoms with E-state index < -0.39 is 5.60 Å². The van der Waals surface area contributed by atoms with Crippen LogP contribution in [-0.4, -0.2) is 29.7 Å². The van der Waals surface area contributed by atoms with E-state index >= 15 is 0 Å². The van der Waals surface area contributed by atoms with Crippen molar-refractivity contribution in [3.05, 3.63) is 53.6 Å². The Kier molecular flexibility index (Phi) is 4.74. The predicted octanol–water partition coefficient (Wildman–Crippen LogP) is 3.34. The van der Waals surface area contributed by atoms with Gasteiger partial charge in [-0.3, -0.25) is 19.3 Å². The number of nitrogens with one attached hydrogen (secondary N) is 1. The molecule has 1 aliphatic rings. The predicted molar refractivity (Wildman–Crippen MR) is 103 cm³/mol. The monoisotopic (exact) mass is 366 g/mol. The van der Waals surface area contributed by atoms with Crippen molar-refractivity contribution in [1.82, 2.24) is 0 Å². The molecule has 0 spiro atoms. The minimum atomic E-state index is -1.10. The summed E-state index contributed by atoms with van der Waals surface area (Å²) in [6.45, 7) is 6.49. The van der Waals surface area contributed by atoms with E-state index in [1.54, 1.807) is 38.1 Å². The molecule has 27 heavy (non-hydrogen) atoms. The number of hydrogen-bond acceptors (Lipinski definition) is 4. The van der Waals surface area contributed by atoms with Gasteiger partial charge in [0, 0.05) is 11.3 Å². The lowest BCUT2D eigenvalue weighted by molar-refractivity contribution is -0.133. The zero-order valence-corrected chi connectivity index (χ0v) is 15.8. The van der Waals surface area contributed by atoms with E-state index in [1.807, 2.05) is 25.1 Å². The van der Waals surface area contributed by atoms with E-state index in [2.05, 4.69) is 5.32 Å². The van der Waals surface area contributed by atoms with E-state index in [0.29, 0.717) is 22.7 Å². The molecule has 1 heterocycles. The summed E-state index contributed by atoms with van der Waals surface area (Å²) in [6.07, 6.45) is 0. The lowest BCUT2D eigenvalue weighted by Crippen LogP contribution is -2.54. The van der Waals surface area contributed by atoms with Gasteiger partial charge in [-0.05, 0) is 57.5 Å². The Hall–Kier alpha value is -3.15. The molecule has 2 amide bonds. The Labute approximate surface area is 158 Å². The van der Waals surface area contributed by atoms with Crippen molar-refractivity contribution in [3.8, 4) is 5.75 Å². The Morgan fingerprint density at radius 2 is 1.85 bits per heavy atom. The lowest BCUT2D eigenvalue weighted by atomic mass is 10.0. The number of rotatable bonds is 4. The number of carbonyl (C=O) groups excluding carboxylic acids is 3. The number of anilines is 2. The standard InChI is InChI=1S/C21H22N2O4/c1-13-7-5-6-8-16(13)22-19(25)12-23-17-11-15(14(2)24)9-10-18(17)27-21(3,4)20(23)26/h5-11H,12H2,1-4H3,(H,22,25). The lowest BCUT2D eigenvalue weighted by Gasteiger charge is -2.38. The average Bonchev–Trinajstić information content (AvgIpc) is 2.60. The van der Waals surface area contributed by atoms with Crippen molar-refractivity contribution in [2.24, 2.45) is 0 Å². The molecule has 1 aliphatic heterocycles. The summed E-state index contributed by atoms with van der Waals surface area (Å²) in [5.41, 5.74) is 1.40. The number of ether oxygens (including phenoxy) is 1. The van der Waals surface area contributed by atoms with Gasteiger partial charge in [-0.15, -0.1) is 0 Å². The van der Waals surface area contributed by atoms with Crippen LogP contribution in [0.3, 0.4) is 0 Å². The zero-order valence-electron chi connectivity index (χ0n) is 15.8. The first-order chi connectivity index (χ1) is 12.7. The number of ketones is 1. The molecule has 2 aromatic rings. The Balaban J connectivity index is 1.92. The molecular formula is C21H22N2O4. The van der Waals surface area contributed by atoms with Crippen LogP contribution in [0.5, 0.6) is 5.75 Å². The van der Waals surface area contributed by atoms with Gasteiger partial charge >= 0.3 is 0 Å². The highest BCUT2D eigenvalue weighted by molar-refractivity contribution is 6.08. The normalized spacial score (nSPS) is 15.0. The quantitative estimate of drug-likeness (QED) is 0.842. The number of nitrogens with zero attached hydrogens (tertiary/aromatic N) is 1. The molecule has 1 N–H and O–H groups in total. The third-order valence-corrected chi connectivity index (χ3v) is 4.50. The fourth-order valence-corrected chi connectivity index (χ4v) is 2.99. The highest BCUT2D eigenvalue weighted by atomic mass is 16.5. The van der Waals surface area contributed by atoms with E-state index in [9.17, 15) is 14.4 Å². The molecule has 0 unspecified atom stereocenters. The topological polar surface area (TPSA) is 75.7 Å². The number of para-hydroxylation sites is 1. The van der Waals surface area contributed by atoms with Crippen LogP contribution in [0.1, 0.15) is 36.7 Å². The molecule has 6 heteroatoms. The molecule has 0 bridgehead atoms. The fraction of sp³-hybridized carbons (Fsp3) is 0.286. The summed E-state index contributed by atoms with van der Waals surface area (Å²) in [6, 6.07) is 12.3. The maximum absolute atomic E-state index is 12.9. The summed E-state index contributed by atoms with van der Waals surface area (Å²) >= 11 is 0. The van der Waals surface area contributed by atoms with E-state index in [1.165, 1.54) is 11.8 Å². The molecule has 0 aliphatic carbocycles. The Morgan fingerprint density at radius 3 is 2.52 bits per heavy atom. The fourth-order valence-electron chi connectivity index (χ4n) is 2.99. The van der Waals surface area contributed by atoms with Crippen LogP contribution in [0, 0.1) is 6.92 Å². The van der Waals surface area contributed by atoms with Crippen molar-refractivity contribution in [1.29, 1.82) is 0 Å². The molecule has 0 aromatic heterocycles. The first-order valence-electron chi connectivity index (χ1n) is 8.70. The Bertz CT molecular complexity index is 934. The smallest absolute Gasteiger partial charge is 0.271 e. The molecule has 0 atom stereocenters. The zero-order chi connectivity index (χ0) is 19.8. The molecule has 2 aromatic carbocycles. The van der Waals surface area contributed by atoms with Crippen molar-refractivity contribution in [2.75, 3.05) is 16.8 Å². The maximum atomic E-state index is 12.9. The Morgan fingerprint density at radius 1 is 1.15 bits per heavy atom. The molecular weight excluding hydrogens is 344 g/mol. The largest absolute Gasteiger partial charge is 0.476 e. The van der Waals surface area contributed by atoms with Gasteiger partial charge < -0.3 is 10.1 Å². The molecule has 0 saturated heterocycles. The first kappa shape index (κ1) is 18.6. The molecule has 3 rings (SSSR count). The number of Topliss-reactive ketones (excluding diaryl/α,β-unsaturated/α-hetero) is 1. The van der Waals surface area contributed by atoms with Crippen molar-refractivity contribution in [2.45, 2.75) is 33.3 Å². The van der Waals surface area contributed by atoms with Gasteiger partial charge in [-0.25, -0.2) is 0 Å². The van der Waals surface area contributed by atoms with Crippen LogP contribution >= 0.6 is 0 Å². The summed E-state index contributed by atoms with van der Waals surface area (Å²) in [5, 5.41) is 2.83. The highest BCUT2D eigenvalue weighted by Crippen LogP contribution is 2.38. The van der Waals surface area contributed by atoms with E-state index in [0.717, 1.165) is 5.56 Å². The molecule has 0 saturated carbocycles. The van der Waals surface area contributed by atoms with E-state index in [-0.39, 0.29) is 24.1 Å². The van der Waals surface area contributed by atoms with Crippen LogP contribution in [0.15, 0.2) is 42.5 Å². The summed E-state index contributed by atoms with van der Waals surface area (Å²) < 4.78 is 5.78. The second-order valence-corrected chi connectivity index (χ2v) is 7.11. The average molecular weight is 366 g/mol. The third-order valence-electron chi connectivity index (χ3n) is 4.50. The maximum Gasteiger partial charge on any atom is 0.271 e. The van der Waals surface area contributed by atoms with Crippen LogP contribution in [-0.2, 0) is 9.59 Å². The highest BCUT2D eigenvalue weighted by Gasteiger charge is 2.41. The van der Waals surface area contributed by atoms with Crippen LogP contribution in [0.4, 0.5) is 11.4 Å². The van der Waals surface area contributed by atoms with E-state index in [4.69, 9.17) is 4.74 Å². The number of carbonyl (C=O) groups is 3. The van der Waals surface area contributed by atoms with Gasteiger partial charge in [0.05, 0.1) is 5.69 Å². The SMILES string of the molecule is CC(=O)c1ccc2c(c1)N(CC(=O)Nc1ccccc1C)C(=O)C(C)(C)O2. The van der Waals surface area contributed by atoms with Gasteiger partial charge in [0.25, 0.3) is 5.91 Å². The number of benzene rings is 2. The minimum absolute atomic E-state index is 0.126.